The van der Waals surface area contributed by atoms with Gasteiger partial charge in [0.15, 0.2) is 11.5 Å². The molecule has 7 nitrogen and oxygen atoms in total. The van der Waals surface area contributed by atoms with Gasteiger partial charge in [-0.25, -0.2) is 4.98 Å². The number of halogens is 2. The molecule has 3 rings (SSSR count). The van der Waals surface area contributed by atoms with Crippen molar-refractivity contribution < 1.29 is 9.90 Å². The molecule has 0 aliphatic rings. The number of pyridine rings is 1. The number of carbonyl (C=O) groups excluding carboxylic acids is 1. The second-order valence-electron chi connectivity index (χ2n) is 5.26. The predicted octanol–water partition coefficient (Wildman–Crippen LogP) is 2.77. The van der Waals surface area contributed by atoms with Gasteiger partial charge in [-0.15, -0.1) is 0 Å². The molecule has 0 spiro atoms. The topological polar surface area (TPSA) is 108 Å². The number of nitrogens with zero attached hydrogens (tertiary/aromatic N) is 2. The number of aromatic nitrogens is 3. The van der Waals surface area contributed by atoms with E-state index in [-0.39, 0.29) is 12.4 Å². The molecule has 0 fully saturated rings. The molecule has 1 aromatic carbocycles. The van der Waals surface area contributed by atoms with Gasteiger partial charge >= 0.3 is 0 Å². The Morgan fingerprint density at radius 2 is 2.00 bits per heavy atom. The highest BCUT2D eigenvalue weighted by Gasteiger charge is 2.18. The van der Waals surface area contributed by atoms with Gasteiger partial charge in [-0.3, -0.25) is 14.6 Å². The molecule has 26 heavy (non-hydrogen) atoms. The molecule has 3 N–H and O–H groups in total. The maximum Gasteiger partial charge on any atom is 0.294 e. The SMILES string of the molecule is O=C(NCc1ccc(Cl)c(Cl)c1)c1nc(-c2ccccn2)[nH]c(=O)c1O. The molecule has 0 saturated carbocycles. The summed E-state index contributed by atoms with van der Waals surface area (Å²) in [6.07, 6.45) is 1.52. The van der Waals surface area contributed by atoms with Crippen LogP contribution in [0, 0.1) is 0 Å². The zero-order valence-electron chi connectivity index (χ0n) is 13.2. The first-order valence-corrected chi connectivity index (χ1v) is 8.18. The van der Waals surface area contributed by atoms with Gasteiger partial charge in [0.2, 0.25) is 5.75 Å². The smallest absolute Gasteiger partial charge is 0.294 e. The minimum absolute atomic E-state index is 0.0769. The quantitative estimate of drug-likeness (QED) is 0.634. The summed E-state index contributed by atoms with van der Waals surface area (Å²) >= 11 is 11.8. The summed E-state index contributed by atoms with van der Waals surface area (Å²) in [7, 11) is 0. The van der Waals surface area contributed by atoms with Gasteiger partial charge in [0, 0.05) is 12.7 Å². The Balaban J connectivity index is 1.85. The van der Waals surface area contributed by atoms with Gasteiger partial charge in [0.1, 0.15) is 5.69 Å². The van der Waals surface area contributed by atoms with Crippen LogP contribution < -0.4 is 10.9 Å². The maximum atomic E-state index is 12.4. The molecule has 0 aliphatic heterocycles. The van der Waals surface area contributed by atoms with Crippen molar-refractivity contribution in [2.75, 3.05) is 0 Å². The van der Waals surface area contributed by atoms with Crippen molar-refractivity contribution in [1.29, 1.82) is 0 Å². The molecule has 1 amide bonds. The summed E-state index contributed by atoms with van der Waals surface area (Å²) in [6, 6.07) is 9.93. The van der Waals surface area contributed by atoms with E-state index >= 15 is 0 Å². The molecule has 2 aromatic heterocycles. The van der Waals surface area contributed by atoms with Crippen LogP contribution in [-0.4, -0.2) is 26.0 Å². The minimum atomic E-state index is -0.833. The fourth-order valence-electron chi connectivity index (χ4n) is 2.17. The van der Waals surface area contributed by atoms with E-state index in [9.17, 15) is 14.7 Å². The van der Waals surface area contributed by atoms with Gasteiger partial charge in [0.05, 0.1) is 10.0 Å². The lowest BCUT2D eigenvalue weighted by atomic mass is 10.2. The highest BCUT2D eigenvalue weighted by molar-refractivity contribution is 6.42. The molecule has 0 bridgehead atoms. The molecule has 3 aromatic rings. The largest absolute Gasteiger partial charge is 0.501 e. The first-order chi connectivity index (χ1) is 12.5. The van der Waals surface area contributed by atoms with Crippen LogP contribution >= 0.6 is 23.2 Å². The van der Waals surface area contributed by atoms with Crippen molar-refractivity contribution in [3.8, 4) is 17.3 Å². The van der Waals surface area contributed by atoms with E-state index in [1.807, 2.05) is 0 Å². The van der Waals surface area contributed by atoms with Crippen LogP contribution in [0.1, 0.15) is 16.1 Å². The standard InChI is InChI=1S/C17H12Cl2N4O3/c18-10-5-4-9(7-11(10)19)8-21-16(25)13-14(24)17(26)23-15(22-13)12-3-1-2-6-20-12/h1-7,24H,8H2,(H,21,25)(H,22,23,26). The van der Waals surface area contributed by atoms with Gasteiger partial charge < -0.3 is 15.4 Å². The highest BCUT2D eigenvalue weighted by Crippen LogP contribution is 2.22. The molecule has 0 radical (unpaired) electrons. The average Bonchev–Trinajstić information content (AvgIpc) is 2.65. The lowest BCUT2D eigenvalue weighted by Crippen LogP contribution is -2.26. The van der Waals surface area contributed by atoms with E-state index in [1.165, 1.54) is 6.20 Å². The third-order valence-corrected chi connectivity index (χ3v) is 4.19. The number of H-pyrrole nitrogens is 1. The molecular weight excluding hydrogens is 379 g/mol. The Kier molecular flexibility index (Phi) is 5.20. The van der Waals surface area contributed by atoms with Crippen LogP contribution in [0.2, 0.25) is 10.0 Å². The molecule has 0 atom stereocenters. The van der Waals surface area contributed by atoms with E-state index in [0.29, 0.717) is 21.3 Å². The Hall–Kier alpha value is -2.90. The van der Waals surface area contributed by atoms with Crippen molar-refractivity contribution >= 4 is 29.1 Å². The lowest BCUT2D eigenvalue weighted by molar-refractivity contribution is 0.0942. The van der Waals surface area contributed by atoms with E-state index in [1.54, 1.807) is 36.4 Å². The van der Waals surface area contributed by atoms with Gasteiger partial charge in [0.25, 0.3) is 11.5 Å². The lowest BCUT2D eigenvalue weighted by Gasteiger charge is -2.08. The van der Waals surface area contributed by atoms with Gasteiger partial charge in [-0.2, -0.15) is 0 Å². The van der Waals surface area contributed by atoms with Crippen LogP contribution in [0.3, 0.4) is 0 Å². The van der Waals surface area contributed by atoms with Gasteiger partial charge in [-0.1, -0.05) is 35.3 Å². The molecule has 132 valence electrons. The summed E-state index contributed by atoms with van der Waals surface area (Å²) in [5.74, 6) is -1.40. The zero-order chi connectivity index (χ0) is 18.7. The van der Waals surface area contributed by atoms with Crippen LogP contribution in [-0.2, 0) is 6.54 Å². The van der Waals surface area contributed by atoms with E-state index < -0.39 is 22.9 Å². The van der Waals surface area contributed by atoms with Crippen LogP contribution in [0.5, 0.6) is 5.75 Å². The van der Waals surface area contributed by atoms with Crippen molar-refractivity contribution in [1.82, 2.24) is 20.3 Å². The molecule has 0 aliphatic carbocycles. The Bertz CT molecular complexity index is 1020. The second kappa shape index (κ2) is 7.55. The monoisotopic (exact) mass is 390 g/mol. The summed E-state index contributed by atoms with van der Waals surface area (Å²) in [5.41, 5.74) is -0.167. The average molecular weight is 391 g/mol. The number of aromatic amines is 1. The fraction of sp³-hybridized carbons (Fsp3) is 0.0588. The zero-order valence-corrected chi connectivity index (χ0v) is 14.7. The number of amides is 1. The minimum Gasteiger partial charge on any atom is -0.501 e. The number of hydrogen-bond acceptors (Lipinski definition) is 5. The highest BCUT2D eigenvalue weighted by atomic mass is 35.5. The molecule has 0 unspecified atom stereocenters. The fourth-order valence-corrected chi connectivity index (χ4v) is 2.49. The van der Waals surface area contributed by atoms with Crippen molar-refractivity contribution in [3.63, 3.8) is 0 Å². The number of rotatable bonds is 4. The van der Waals surface area contributed by atoms with E-state index in [2.05, 4.69) is 20.3 Å². The molecule has 9 heteroatoms. The molecule has 2 heterocycles. The number of carbonyl (C=O) groups is 1. The Morgan fingerprint density at radius 3 is 2.69 bits per heavy atom. The van der Waals surface area contributed by atoms with Gasteiger partial charge in [-0.05, 0) is 29.8 Å². The van der Waals surface area contributed by atoms with Crippen molar-refractivity contribution in [2.24, 2.45) is 0 Å². The third kappa shape index (κ3) is 3.84. The van der Waals surface area contributed by atoms with E-state index in [4.69, 9.17) is 23.2 Å². The summed E-state index contributed by atoms with van der Waals surface area (Å²) in [5, 5.41) is 13.2. The van der Waals surface area contributed by atoms with Crippen molar-refractivity contribution in [2.45, 2.75) is 6.54 Å². The number of hydrogen-bond donors (Lipinski definition) is 3. The maximum absolute atomic E-state index is 12.4. The number of nitrogens with one attached hydrogen (secondary N) is 2. The Labute approximate surface area is 157 Å². The third-order valence-electron chi connectivity index (χ3n) is 3.45. The first-order valence-electron chi connectivity index (χ1n) is 7.42. The summed E-state index contributed by atoms with van der Waals surface area (Å²) in [6.45, 7) is 0.114. The molecule has 0 saturated heterocycles. The summed E-state index contributed by atoms with van der Waals surface area (Å²) < 4.78 is 0. The second-order valence-corrected chi connectivity index (χ2v) is 6.07. The molecular formula is C17H12Cl2N4O3. The van der Waals surface area contributed by atoms with Crippen LogP contribution in [0.25, 0.3) is 11.5 Å². The Morgan fingerprint density at radius 1 is 1.19 bits per heavy atom. The first kappa shape index (κ1) is 17.9. The number of benzene rings is 1. The normalized spacial score (nSPS) is 10.5. The van der Waals surface area contributed by atoms with E-state index in [0.717, 1.165) is 0 Å². The number of aromatic hydroxyl groups is 1. The predicted molar refractivity (Wildman–Crippen MR) is 97.4 cm³/mol. The van der Waals surface area contributed by atoms with Crippen LogP contribution in [0.4, 0.5) is 0 Å². The summed E-state index contributed by atoms with van der Waals surface area (Å²) in [4.78, 5) is 34.7. The van der Waals surface area contributed by atoms with Crippen molar-refractivity contribution in [3.05, 3.63) is 74.3 Å². The van der Waals surface area contributed by atoms with Crippen LogP contribution in [0.15, 0.2) is 47.4 Å².